The Morgan fingerprint density at radius 3 is 3.00 bits per heavy atom. The first kappa shape index (κ1) is 17.8. The number of anilines is 1. The van der Waals surface area contributed by atoms with E-state index in [1.807, 2.05) is 18.4 Å². The van der Waals surface area contributed by atoms with E-state index in [-0.39, 0.29) is 11.5 Å². The zero-order chi connectivity index (χ0) is 16.7. The average Bonchev–Trinajstić information content (AvgIpc) is 3.16. The number of hydrogen-bond acceptors (Lipinski definition) is 9. The zero-order valence-electron chi connectivity index (χ0n) is 12.9. The number of aromatic nitrogens is 3. The monoisotopic (exact) mass is 367 g/mol. The number of hydrogen-bond donors (Lipinski definition) is 1. The van der Waals surface area contributed by atoms with Crippen molar-refractivity contribution in [2.75, 3.05) is 17.6 Å². The van der Waals surface area contributed by atoms with Gasteiger partial charge in [-0.3, -0.25) is 4.79 Å². The van der Waals surface area contributed by atoms with E-state index >= 15 is 0 Å². The van der Waals surface area contributed by atoms with Crippen LogP contribution in [0.1, 0.15) is 36.4 Å². The molecule has 122 valence electrons. The van der Waals surface area contributed by atoms with Crippen LogP contribution in [0.3, 0.4) is 0 Å². The Labute approximate surface area is 147 Å². The molecule has 0 saturated carbocycles. The Morgan fingerprint density at radius 2 is 2.35 bits per heavy atom. The summed E-state index contributed by atoms with van der Waals surface area (Å²) in [4.78, 5) is 16.5. The summed E-state index contributed by atoms with van der Waals surface area (Å²) in [6, 6.07) is 2.05. The predicted molar refractivity (Wildman–Crippen MR) is 94.2 cm³/mol. The van der Waals surface area contributed by atoms with Gasteiger partial charge in [0.15, 0.2) is 16.0 Å². The van der Waals surface area contributed by atoms with Gasteiger partial charge in [-0.1, -0.05) is 36.4 Å². The molecule has 0 amide bonds. The summed E-state index contributed by atoms with van der Waals surface area (Å²) in [5, 5.41) is 23.7. The molecule has 6 nitrogen and oxygen atoms in total. The van der Waals surface area contributed by atoms with Crippen molar-refractivity contribution >= 4 is 45.4 Å². The Bertz CT molecular complexity index is 691. The number of thiazole rings is 1. The van der Waals surface area contributed by atoms with Gasteiger partial charge in [0, 0.05) is 17.6 Å². The minimum absolute atomic E-state index is 0.150. The highest BCUT2D eigenvalue weighted by Crippen LogP contribution is 2.28. The zero-order valence-corrected chi connectivity index (χ0v) is 15.4. The molecular weight excluding hydrogens is 350 g/mol. The molecule has 1 N–H and O–H groups in total. The maximum absolute atomic E-state index is 12.2. The summed E-state index contributed by atoms with van der Waals surface area (Å²) in [5.41, 5.74) is 0.831. The van der Waals surface area contributed by atoms with E-state index < -0.39 is 5.92 Å². The number of nitrogens with zero attached hydrogens (tertiary/aromatic N) is 4. The number of rotatable bonds is 9. The van der Waals surface area contributed by atoms with E-state index in [2.05, 4.69) is 27.4 Å². The van der Waals surface area contributed by atoms with Gasteiger partial charge in [0.25, 0.3) is 0 Å². The van der Waals surface area contributed by atoms with E-state index in [1.165, 1.54) is 34.4 Å². The van der Waals surface area contributed by atoms with Crippen molar-refractivity contribution in [3.8, 4) is 6.07 Å². The van der Waals surface area contributed by atoms with Gasteiger partial charge in [-0.2, -0.15) is 5.26 Å². The Hall–Kier alpha value is -1.50. The van der Waals surface area contributed by atoms with E-state index in [4.69, 9.17) is 0 Å². The van der Waals surface area contributed by atoms with Gasteiger partial charge in [-0.05, 0) is 13.3 Å². The smallest absolute Gasteiger partial charge is 0.206 e. The van der Waals surface area contributed by atoms with Crippen molar-refractivity contribution in [1.29, 1.82) is 5.26 Å². The van der Waals surface area contributed by atoms with Crippen molar-refractivity contribution in [1.82, 2.24) is 15.2 Å². The lowest BCUT2D eigenvalue weighted by atomic mass is 10.1. The summed E-state index contributed by atoms with van der Waals surface area (Å²) in [6.45, 7) is 4.85. The number of unbranched alkanes of at least 4 members (excludes halogenated alkanes) is 1. The molecule has 2 aromatic rings. The summed E-state index contributed by atoms with van der Waals surface area (Å²) >= 11 is 4.09. The first-order valence-electron chi connectivity index (χ1n) is 7.18. The highest BCUT2D eigenvalue weighted by molar-refractivity contribution is 8.01. The maximum Gasteiger partial charge on any atom is 0.206 e. The predicted octanol–water partition coefficient (Wildman–Crippen LogP) is 3.48. The molecule has 2 rings (SSSR count). The first-order chi connectivity index (χ1) is 11.1. The number of nitriles is 1. The van der Waals surface area contributed by atoms with E-state index in [1.54, 1.807) is 0 Å². The number of carbonyl (C=O) groups is 1. The van der Waals surface area contributed by atoms with Crippen LogP contribution in [0.4, 0.5) is 5.13 Å². The molecule has 0 fully saturated rings. The van der Waals surface area contributed by atoms with Gasteiger partial charge in [-0.15, -0.1) is 21.5 Å². The minimum atomic E-state index is -0.795. The molecule has 0 bridgehead atoms. The highest BCUT2D eigenvalue weighted by Gasteiger charge is 2.23. The van der Waals surface area contributed by atoms with Gasteiger partial charge in [0.05, 0.1) is 11.8 Å². The van der Waals surface area contributed by atoms with Crippen LogP contribution >= 0.6 is 34.4 Å². The molecule has 0 aromatic carbocycles. The number of carbonyl (C=O) groups excluding carboxylic acids is 1. The summed E-state index contributed by atoms with van der Waals surface area (Å²) in [5.74, 6) is -0.751. The molecule has 0 aliphatic carbocycles. The van der Waals surface area contributed by atoms with Crippen molar-refractivity contribution < 1.29 is 4.79 Å². The molecule has 23 heavy (non-hydrogen) atoms. The molecule has 9 heteroatoms. The van der Waals surface area contributed by atoms with Crippen LogP contribution in [-0.4, -0.2) is 33.3 Å². The second-order valence-corrected chi connectivity index (χ2v) is 7.89. The van der Waals surface area contributed by atoms with E-state index in [0.29, 0.717) is 5.01 Å². The Morgan fingerprint density at radius 1 is 1.52 bits per heavy atom. The Kier molecular flexibility index (Phi) is 6.95. The molecule has 0 aliphatic heterocycles. The van der Waals surface area contributed by atoms with Crippen LogP contribution < -0.4 is 5.32 Å². The van der Waals surface area contributed by atoms with Gasteiger partial charge < -0.3 is 5.32 Å². The molecule has 2 heterocycles. The van der Waals surface area contributed by atoms with Crippen molar-refractivity contribution in [2.24, 2.45) is 0 Å². The van der Waals surface area contributed by atoms with Gasteiger partial charge >= 0.3 is 0 Å². The fraction of sp³-hybridized carbons (Fsp3) is 0.500. The van der Waals surface area contributed by atoms with Gasteiger partial charge in [0.1, 0.15) is 5.01 Å². The summed E-state index contributed by atoms with van der Waals surface area (Å²) in [6.07, 6.45) is 2.20. The van der Waals surface area contributed by atoms with Crippen LogP contribution in [0.5, 0.6) is 0 Å². The van der Waals surface area contributed by atoms with Crippen molar-refractivity contribution in [2.45, 2.75) is 36.9 Å². The third-order valence-electron chi connectivity index (χ3n) is 2.89. The van der Waals surface area contributed by atoms with E-state index in [9.17, 15) is 10.1 Å². The topological polar surface area (TPSA) is 91.6 Å². The van der Waals surface area contributed by atoms with Crippen molar-refractivity contribution in [3.05, 3.63) is 16.1 Å². The molecule has 1 atom stereocenters. The second kappa shape index (κ2) is 8.96. The lowest BCUT2D eigenvalue weighted by Gasteiger charge is -2.03. The third kappa shape index (κ3) is 5.27. The number of ketones is 1. The number of nitrogens with one attached hydrogen (secondary N) is 1. The third-order valence-corrected chi connectivity index (χ3v) is 5.95. The number of aryl methyl sites for hydroxylation is 1. The first-order valence-corrected chi connectivity index (χ1v) is 9.86. The molecule has 0 saturated heterocycles. The second-order valence-electron chi connectivity index (χ2n) is 4.80. The van der Waals surface area contributed by atoms with Crippen LogP contribution in [0.25, 0.3) is 0 Å². The molecule has 0 spiro atoms. The van der Waals surface area contributed by atoms with Crippen LogP contribution in [0.15, 0.2) is 9.72 Å². The fourth-order valence-corrected chi connectivity index (χ4v) is 4.24. The highest BCUT2D eigenvalue weighted by atomic mass is 32.2. The molecule has 0 radical (unpaired) electrons. The maximum atomic E-state index is 12.2. The van der Waals surface area contributed by atoms with Gasteiger partial charge in [-0.25, -0.2) is 4.98 Å². The van der Waals surface area contributed by atoms with Gasteiger partial charge in [0.2, 0.25) is 5.13 Å². The summed E-state index contributed by atoms with van der Waals surface area (Å²) in [7, 11) is 0. The SMILES string of the molecule is CCCCNc1nnc(SCC(=O)[C@H](C#N)c2nc(C)cs2)s1. The minimum Gasteiger partial charge on any atom is -0.360 e. The summed E-state index contributed by atoms with van der Waals surface area (Å²) < 4.78 is 0.726. The van der Waals surface area contributed by atoms with E-state index in [0.717, 1.165) is 34.6 Å². The fourth-order valence-electron chi connectivity index (χ4n) is 1.70. The standard InChI is InChI=1S/C14H17N5OS3/c1-3-4-5-16-13-18-19-14(23-13)22-8-11(20)10(6-15)12-17-9(2)7-21-12/h7,10H,3-5,8H2,1-2H3,(H,16,18)/t10-/m0/s1. The Balaban J connectivity index is 1.87. The average molecular weight is 368 g/mol. The number of Topliss-reactive ketones (excluding diaryl/α,β-unsaturated/α-hetero) is 1. The van der Waals surface area contributed by atoms with Crippen LogP contribution in [-0.2, 0) is 4.79 Å². The molecule has 0 aliphatic rings. The molecular formula is C14H17N5OS3. The van der Waals surface area contributed by atoms with Crippen molar-refractivity contribution in [3.63, 3.8) is 0 Å². The van der Waals surface area contributed by atoms with Crippen LogP contribution in [0, 0.1) is 18.3 Å². The normalized spacial score (nSPS) is 11.9. The number of thioether (sulfide) groups is 1. The lowest BCUT2D eigenvalue weighted by Crippen LogP contribution is -2.13. The largest absolute Gasteiger partial charge is 0.360 e. The quantitative estimate of drug-likeness (QED) is 0.536. The van der Waals surface area contributed by atoms with Crippen LogP contribution in [0.2, 0.25) is 0 Å². The molecule has 2 aromatic heterocycles. The lowest BCUT2D eigenvalue weighted by molar-refractivity contribution is -0.116. The molecule has 0 unspecified atom stereocenters.